The fourth-order valence-electron chi connectivity index (χ4n) is 2.79. The van der Waals surface area contributed by atoms with Crippen LogP contribution in [0.1, 0.15) is 32.9 Å². The molecular formula is C22H25N5O2S. The predicted octanol–water partition coefficient (Wildman–Crippen LogP) is 3.73. The van der Waals surface area contributed by atoms with E-state index in [1.54, 1.807) is 0 Å². The first-order valence-electron chi connectivity index (χ1n) is 9.70. The number of hydrogen-bond donors (Lipinski definition) is 2. The third-order valence-corrected chi connectivity index (χ3v) is 5.34. The quantitative estimate of drug-likeness (QED) is 0.576. The Labute approximate surface area is 180 Å². The number of anilines is 2. The van der Waals surface area contributed by atoms with E-state index in [0.717, 1.165) is 23.4 Å². The van der Waals surface area contributed by atoms with E-state index in [0.29, 0.717) is 16.6 Å². The van der Waals surface area contributed by atoms with Gasteiger partial charge in [0.2, 0.25) is 10.9 Å². The summed E-state index contributed by atoms with van der Waals surface area (Å²) < 4.78 is 0. The summed E-state index contributed by atoms with van der Waals surface area (Å²) in [6, 6.07) is 15.4. The highest BCUT2D eigenvalue weighted by Crippen LogP contribution is 2.16. The number of benzene rings is 2. The van der Waals surface area contributed by atoms with Gasteiger partial charge in [0, 0.05) is 11.4 Å². The number of amides is 2. The number of nitrogens with one attached hydrogen (secondary N) is 2. The van der Waals surface area contributed by atoms with Crippen molar-refractivity contribution in [3.63, 3.8) is 0 Å². The topological polar surface area (TPSA) is 87.2 Å². The Hall–Kier alpha value is -3.10. The second-order valence-corrected chi connectivity index (χ2v) is 8.15. The second-order valence-electron chi connectivity index (χ2n) is 7.09. The first-order valence-corrected chi connectivity index (χ1v) is 10.5. The Morgan fingerprint density at radius 2 is 1.60 bits per heavy atom. The Bertz CT molecular complexity index is 999. The second kappa shape index (κ2) is 10.1. The standard InChI is InChI=1S/C22H25N5O2S/c1-4-16-7-11-18(12-8-16)24-21(29)22-26-25-20(30-22)14-27(3)13-19(28)23-17-9-5-15(2)6-10-17/h5-12H,4,13-14H2,1-3H3,(H,23,28)(H,24,29). The molecule has 0 bridgehead atoms. The van der Waals surface area contributed by atoms with E-state index in [2.05, 4.69) is 27.8 Å². The minimum Gasteiger partial charge on any atom is -0.325 e. The Morgan fingerprint density at radius 1 is 0.967 bits per heavy atom. The van der Waals surface area contributed by atoms with Gasteiger partial charge in [-0.25, -0.2) is 0 Å². The molecule has 156 valence electrons. The van der Waals surface area contributed by atoms with Gasteiger partial charge in [0.1, 0.15) is 5.01 Å². The molecular weight excluding hydrogens is 398 g/mol. The fraction of sp³-hybridized carbons (Fsp3) is 0.273. The third kappa shape index (κ3) is 6.20. The summed E-state index contributed by atoms with van der Waals surface area (Å²) in [5, 5.41) is 14.7. The van der Waals surface area contributed by atoms with E-state index >= 15 is 0 Å². The van der Waals surface area contributed by atoms with E-state index in [1.165, 1.54) is 16.9 Å². The number of rotatable bonds is 8. The van der Waals surface area contributed by atoms with Crippen LogP contribution in [-0.2, 0) is 17.8 Å². The number of aryl methyl sites for hydroxylation is 2. The zero-order valence-corrected chi connectivity index (χ0v) is 18.1. The maximum absolute atomic E-state index is 12.4. The normalized spacial score (nSPS) is 10.8. The molecule has 1 aromatic heterocycles. The van der Waals surface area contributed by atoms with Crippen LogP contribution in [0.3, 0.4) is 0 Å². The first-order chi connectivity index (χ1) is 14.4. The molecule has 3 rings (SSSR count). The average Bonchev–Trinajstić information content (AvgIpc) is 3.18. The summed E-state index contributed by atoms with van der Waals surface area (Å²) in [6.45, 7) is 4.72. The van der Waals surface area contributed by atoms with Crippen molar-refractivity contribution in [1.29, 1.82) is 0 Å². The van der Waals surface area contributed by atoms with E-state index in [1.807, 2.05) is 67.4 Å². The molecule has 0 aliphatic heterocycles. The van der Waals surface area contributed by atoms with Gasteiger partial charge in [-0.15, -0.1) is 10.2 Å². The third-order valence-electron chi connectivity index (χ3n) is 4.44. The lowest BCUT2D eigenvalue weighted by atomic mass is 10.1. The Kier molecular flexibility index (Phi) is 7.26. The predicted molar refractivity (Wildman–Crippen MR) is 120 cm³/mol. The van der Waals surface area contributed by atoms with Gasteiger partial charge in [-0.3, -0.25) is 14.5 Å². The van der Waals surface area contributed by atoms with Crippen molar-refractivity contribution in [1.82, 2.24) is 15.1 Å². The lowest BCUT2D eigenvalue weighted by molar-refractivity contribution is -0.117. The van der Waals surface area contributed by atoms with Crippen LogP contribution in [0, 0.1) is 6.92 Å². The number of carbonyl (C=O) groups excluding carboxylic acids is 2. The van der Waals surface area contributed by atoms with E-state index in [-0.39, 0.29) is 18.4 Å². The van der Waals surface area contributed by atoms with Gasteiger partial charge in [0.25, 0.3) is 5.91 Å². The van der Waals surface area contributed by atoms with Gasteiger partial charge in [-0.1, -0.05) is 48.1 Å². The van der Waals surface area contributed by atoms with E-state index < -0.39 is 0 Å². The molecule has 0 spiro atoms. The van der Waals surface area contributed by atoms with E-state index in [4.69, 9.17) is 0 Å². The largest absolute Gasteiger partial charge is 0.325 e. The zero-order chi connectivity index (χ0) is 21.5. The van der Waals surface area contributed by atoms with Crippen molar-refractivity contribution < 1.29 is 9.59 Å². The summed E-state index contributed by atoms with van der Waals surface area (Å²) in [7, 11) is 1.82. The number of likely N-dealkylation sites (N-methyl/N-ethyl adjacent to an activating group) is 1. The highest BCUT2D eigenvalue weighted by Gasteiger charge is 2.15. The van der Waals surface area contributed by atoms with Crippen LogP contribution < -0.4 is 10.6 Å². The minimum absolute atomic E-state index is 0.112. The van der Waals surface area contributed by atoms with Crippen LogP contribution in [0.25, 0.3) is 0 Å². The molecule has 0 aliphatic carbocycles. The first kappa shape index (κ1) is 21.6. The van der Waals surface area contributed by atoms with Crippen LogP contribution in [0.2, 0.25) is 0 Å². The van der Waals surface area contributed by atoms with Crippen LogP contribution in [0.5, 0.6) is 0 Å². The molecule has 1 heterocycles. The zero-order valence-electron chi connectivity index (χ0n) is 17.3. The summed E-state index contributed by atoms with van der Waals surface area (Å²) in [5.74, 6) is -0.401. The highest BCUT2D eigenvalue weighted by molar-refractivity contribution is 7.13. The maximum Gasteiger partial charge on any atom is 0.286 e. The van der Waals surface area contributed by atoms with Crippen molar-refractivity contribution in [3.8, 4) is 0 Å². The lowest BCUT2D eigenvalue weighted by Gasteiger charge is -2.14. The highest BCUT2D eigenvalue weighted by atomic mass is 32.1. The lowest BCUT2D eigenvalue weighted by Crippen LogP contribution is -2.29. The van der Waals surface area contributed by atoms with Gasteiger partial charge < -0.3 is 10.6 Å². The van der Waals surface area contributed by atoms with Crippen molar-refractivity contribution >= 4 is 34.5 Å². The number of hydrogen-bond acceptors (Lipinski definition) is 6. The molecule has 7 nitrogen and oxygen atoms in total. The summed E-state index contributed by atoms with van der Waals surface area (Å²) in [4.78, 5) is 26.4. The van der Waals surface area contributed by atoms with E-state index in [9.17, 15) is 9.59 Å². The van der Waals surface area contributed by atoms with Gasteiger partial charge >= 0.3 is 0 Å². The molecule has 8 heteroatoms. The fourth-order valence-corrected chi connectivity index (χ4v) is 3.60. The van der Waals surface area contributed by atoms with Gasteiger partial charge in [0.05, 0.1) is 13.1 Å². The molecule has 0 saturated carbocycles. The SMILES string of the molecule is CCc1ccc(NC(=O)c2nnc(CN(C)CC(=O)Nc3ccc(C)cc3)s2)cc1. The average molecular weight is 424 g/mol. The molecule has 0 unspecified atom stereocenters. The van der Waals surface area contributed by atoms with Crippen molar-refractivity contribution in [2.24, 2.45) is 0 Å². The van der Waals surface area contributed by atoms with Crippen LogP contribution in [-0.4, -0.2) is 40.5 Å². The van der Waals surface area contributed by atoms with Crippen LogP contribution >= 0.6 is 11.3 Å². The molecule has 0 fully saturated rings. The smallest absolute Gasteiger partial charge is 0.286 e. The molecule has 0 saturated heterocycles. The number of nitrogens with zero attached hydrogens (tertiary/aromatic N) is 3. The number of carbonyl (C=O) groups is 2. The summed E-state index contributed by atoms with van der Waals surface area (Å²) >= 11 is 1.22. The van der Waals surface area contributed by atoms with Gasteiger partial charge in [-0.05, 0) is 50.2 Å². The molecule has 0 aliphatic rings. The molecule has 3 aromatic rings. The molecule has 0 atom stereocenters. The molecule has 2 aromatic carbocycles. The van der Waals surface area contributed by atoms with Crippen LogP contribution in [0.4, 0.5) is 11.4 Å². The van der Waals surface area contributed by atoms with Gasteiger partial charge in [-0.2, -0.15) is 0 Å². The number of aromatic nitrogens is 2. The van der Waals surface area contributed by atoms with Crippen LogP contribution in [0.15, 0.2) is 48.5 Å². The molecule has 2 N–H and O–H groups in total. The maximum atomic E-state index is 12.4. The van der Waals surface area contributed by atoms with Crippen molar-refractivity contribution in [3.05, 3.63) is 69.7 Å². The molecule has 30 heavy (non-hydrogen) atoms. The monoisotopic (exact) mass is 423 g/mol. The molecule has 2 amide bonds. The minimum atomic E-state index is -0.289. The summed E-state index contributed by atoms with van der Waals surface area (Å²) in [5.41, 5.74) is 3.83. The Morgan fingerprint density at radius 3 is 2.27 bits per heavy atom. The van der Waals surface area contributed by atoms with Gasteiger partial charge in [0.15, 0.2) is 0 Å². The summed E-state index contributed by atoms with van der Waals surface area (Å²) in [6.07, 6.45) is 0.949. The van der Waals surface area contributed by atoms with Crippen molar-refractivity contribution in [2.75, 3.05) is 24.2 Å². The van der Waals surface area contributed by atoms with Crippen molar-refractivity contribution in [2.45, 2.75) is 26.8 Å². The molecule has 0 radical (unpaired) electrons. The Balaban J connectivity index is 1.50.